The van der Waals surface area contributed by atoms with E-state index < -0.39 is 0 Å². The van der Waals surface area contributed by atoms with Crippen molar-refractivity contribution in [1.29, 1.82) is 0 Å². The molecule has 0 aromatic rings. The largest absolute Gasteiger partial charge is 0.336 e. The normalized spacial score (nSPS) is 15.5. The number of hydrogen-bond acceptors (Lipinski definition) is 3. The summed E-state index contributed by atoms with van der Waals surface area (Å²) in [6.07, 6.45) is 1.92. The van der Waals surface area contributed by atoms with Crippen LogP contribution >= 0.6 is 11.8 Å². The van der Waals surface area contributed by atoms with E-state index in [0.29, 0.717) is 0 Å². The van der Waals surface area contributed by atoms with Gasteiger partial charge in [0.25, 0.3) is 0 Å². The quantitative estimate of drug-likeness (QED) is 0.471. The number of hydrogen-bond donors (Lipinski definition) is 2. The lowest BCUT2D eigenvalue weighted by Crippen LogP contribution is -2.35. The average molecular weight is 229 g/mol. The molecule has 1 fully saturated rings. The number of urea groups is 1. The first-order chi connectivity index (χ1) is 7.34. The van der Waals surface area contributed by atoms with Gasteiger partial charge in [0.1, 0.15) is 0 Å². The molecule has 1 heterocycles. The Kier molecular flexibility index (Phi) is 6.27. The van der Waals surface area contributed by atoms with E-state index >= 15 is 0 Å². The summed E-state index contributed by atoms with van der Waals surface area (Å²) < 4.78 is 0. The third kappa shape index (κ3) is 5.09. The first kappa shape index (κ1) is 12.4. The van der Waals surface area contributed by atoms with Gasteiger partial charge in [-0.2, -0.15) is 11.8 Å². The van der Waals surface area contributed by atoms with Crippen molar-refractivity contribution in [2.45, 2.75) is 0 Å². The molecule has 2 N–H and O–H groups in total. The van der Waals surface area contributed by atoms with Crippen molar-refractivity contribution in [3.05, 3.63) is 12.7 Å². The molecular formula is C10H19N3OS. The van der Waals surface area contributed by atoms with Crippen LogP contribution in [0.4, 0.5) is 4.79 Å². The molecule has 1 aliphatic heterocycles. The van der Waals surface area contributed by atoms with Crippen LogP contribution in [-0.4, -0.2) is 55.2 Å². The fourth-order valence-corrected chi connectivity index (χ4v) is 2.00. The highest BCUT2D eigenvalue weighted by Gasteiger charge is 2.17. The predicted octanol–water partition coefficient (Wildman–Crippen LogP) is 0.520. The lowest BCUT2D eigenvalue weighted by atomic mass is 10.5. The summed E-state index contributed by atoms with van der Waals surface area (Å²) in [7, 11) is 0. The SMILES string of the molecule is C=CCSCCNCCN1CCNC1=O. The van der Waals surface area contributed by atoms with E-state index in [9.17, 15) is 4.79 Å². The van der Waals surface area contributed by atoms with Gasteiger partial charge < -0.3 is 15.5 Å². The highest BCUT2D eigenvalue weighted by Crippen LogP contribution is 1.97. The van der Waals surface area contributed by atoms with Crippen molar-refractivity contribution >= 4 is 17.8 Å². The molecule has 4 nitrogen and oxygen atoms in total. The van der Waals surface area contributed by atoms with Gasteiger partial charge in [-0.25, -0.2) is 4.79 Å². The van der Waals surface area contributed by atoms with E-state index in [4.69, 9.17) is 0 Å². The molecule has 0 spiro atoms. The van der Waals surface area contributed by atoms with Gasteiger partial charge in [-0.1, -0.05) is 6.08 Å². The Balaban J connectivity index is 1.88. The number of nitrogens with zero attached hydrogens (tertiary/aromatic N) is 1. The Morgan fingerprint density at radius 2 is 2.47 bits per heavy atom. The molecule has 0 bridgehead atoms. The van der Waals surface area contributed by atoms with Crippen molar-refractivity contribution in [2.75, 3.05) is 44.2 Å². The van der Waals surface area contributed by atoms with Gasteiger partial charge in [-0.05, 0) is 0 Å². The molecule has 0 aromatic carbocycles. The third-order valence-corrected chi connectivity index (χ3v) is 3.13. The minimum absolute atomic E-state index is 0.0674. The fraction of sp³-hybridized carbons (Fsp3) is 0.700. The zero-order chi connectivity index (χ0) is 10.9. The predicted molar refractivity (Wildman–Crippen MR) is 65.4 cm³/mol. The van der Waals surface area contributed by atoms with Crippen LogP contribution in [0.5, 0.6) is 0 Å². The number of rotatable bonds is 8. The van der Waals surface area contributed by atoms with Crippen LogP contribution in [0.3, 0.4) is 0 Å². The zero-order valence-electron chi connectivity index (χ0n) is 9.00. The molecule has 5 heteroatoms. The van der Waals surface area contributed by atoms with E-state index in [1.54, 1.807) is 0 Å². The molecule has 2 amide bonds. The Hall–Kier alpha value is -0.680. The molecule has 0 aliphatic carbocycles. The van der Waals surface area contributed by atoms with Crippen LogP contribution in [-0.2, 0) is 0 Å². The highest BCUT2D eigenvalue weighted by atomic mass is 32.2. The van der Waals surface area contributed by atoms with E-state index in [-0.39, 0.29) is 6.03 Å². The van der Waals surface area contributed by atoms with Gasteiger partial charge in [0.05, 0.1) is 0 Å². The summed E-state index contributed by atoms with van der Waals surface area (Å²) in [5.41, 5.74) is 0. The third-order valence-electron chi connectivity index (χ3n) is 2.16. The summed E-state index contributed by atoms with van der Waals surface area (Å²) in [4.78, 5) is 13.0. The summed E-state index contributed by atoms with van der Waals surface area (Å²) in [6.45, 7) is 7.96. The van der Waals surface area contributed by atoms with Gasteiger partial charge in [0.15, 0.2) is 0 Å². The van der Waals surface area contributed by atoms with E-state index in [2.05, 4.69) is 17.2 Å². The first-order valence-electron chi connectivity index (χ1n) is 5.26. The van der Waals surface area contributed by atoms with Gasteiger partial charge in [0.2, 0.25) is 0 Å². The highest BCUT2D eigenvalue weighted by molar-refractivity contribution is 7.99. The molecule has 0 atom stereocenters. The Bertz CT molecular complexity index is 211. The molecule has 1 aliphatic rings. The van der Waals surface area contributed by atoms with Crippen LogP contribution in [0.2, 0.25) is 0 Å². The summed E-state index contributed by atoms with van der Waals surface area (Å²) >= 11 is 1.86. The number of carbonyl (C=O) groups is 1. The average Bonchev–Trinajstić information content (AvgIpc) is 2.63. The minimum Gasteiger partial charge on any atom is -0.336 e. The maximum absolute atomic E-state index is 11.2. The van der Waals surface area contributed by atoms with Crippen LogP contribution in [0.15, 0.2) is 12.7 Å². The summed E-state index contributed by atoms with van der Waals surface area (Å²) in [6, 6.07) is 0.0674. The second-order valence-electron chi connectivity index (χ2n) is 3.33. The molecule has 0 saturated carbocycles. The van der Waals surface area contributed by atoms with Crippen LogP contribution in [0.1, 0.15) is 0 Å². The lowest BCUT2D eigenvalue weighted by molar-refractivity contribution is 0.217. The van der Waals surface area contributed by atoms with Crippen molar-refractivity contribution in [2.24, 2.45) is 0 Å². The standard InChI is InChI=1S/C10H19N3OS/c1-2-8-15-9-5-11-3-6-13-7-4-12-10(13)14/h2,11H,1,3-9H2,(H,12,14). The molecule has 86 valence electrons. The van der Waals surface area contributed by atoms with Crippen LogP contribution < -0.4 is 10.6 Å². The fourth-order valence-electron chi connectivity index (χ4n) is 1.37. The van der Waals surface area contributed by atoms with Gasteiger partial charge in [-0.3, -0.25) is 0 Å². The number of nitrogens with one attached hydrogen (secondary N) is 2. The van der Waals surface area contributed by atoms with E-state index in [1.165, 1.54) is 0 Å². The van der Waals surface area contributed by atoms with Crippen molar-refractivity contribution < 1.29 is 4.79 Å². The Morgan fingerprint density at radius 3 is 3.13 bits per heavy atom. The second kappa shape index (κ2) is 7.59. The monoisotopic (exact) mass is 229 g/mol. The smallest absolute Gasteiger partial charge is 0.317 e. The molecular weight excluding hydrogens is 210 g/mol. The van der Waals surface area contributed by atoms with Crippen molar-refractivity contribution in [1.82, 2.24) is 15.5 Å². The minimum atomic E-state index is 0.0674. The summed E-state index contributed by atoms with van der Waals surface area (Å²) in [5.74, 6) is 2.11. The van der Waals surface area contributed by atoms with Gasteiger partial charge in [-0.15, -0.1) is 6.58 Å². The number of thioether (sulfide) groups is 1. The molecule has 1 saturated heterocycles. The molecule has 15 heavy (non-hydrogen) atoms. The molecule has 0 aromatic heterocycles. The zero-order valence-corrected chi connectivity index (χ0v) is 9.81. The van der Waals surface area contributed by atoms with Gasteiger partial charge in [0, 0.05) is 44.2 Å². The molecule has 0 radical (unpaired) electrons. The van der Waals surface area contributed by atoms with Crippen LogP contribution in [0, 0.1) is 0 Å². The molecule has 1 rings (SSSR count). The van der Waals surface area contributed by atoms with E-state index in [1.807, 2.05) is 22.7 Å². The Morgan fingerprint density at radius 1 is 1.60 bits per heavy atom. The maximum atomic E-state index is 11.2. The van der Waals surface area contributed by atoms with Crippen LogP contribution in [0.25, 0.3) is 0 Å². The number of amides is 2. The Labute approximate surface area is 95.5 Å². The van der Waals surface area contributed by atoms with E-state index in [0.717, 1.165) is 44.2 Å². The topological polar surface area (TPSA) is 44.4 Å². The van der Waals surface area contributed by atoms with Gasteiger partial charge >= 0.3 is 6.03 Å². The molecule has 0 unspecified atom stereocenters. The second-order valence-corrected chi connectivity index (χ2v) is 4.48. The number of carbonyl (C=O) groups excluding carboxylic acids is 1. The summed E-state index contributed by atoms with van der Waals surface area (Å²) in [5, 5.41) is 6.10. The van der Waals surface area contributed by atoms with Crippen molar-refractivity contribution in [3.8, 4) is 0 Å². The maximum Gasteiger partial charge on any atom is 0.317 e. The first-order valence-corrected chi connectivity index (χ1v) is 6.42. The lowest BCUT2D eigenvalue weighted by Gasteiger charge is -2.13. The van der Waals surface area contributed by atoms with Crippen molar-refractivity contribution in [3.63, 3.8) is 0 Å².